The standard InChI is InChI=1S/C21H27N3O/c1-12-15-10-18-16(14-7-6-8-17(22-12)19(14)15)9-13(11-24(18)5)23-20(25)21(2,3)4/h6-9,13,18,22H,10-11H2,1-5H3,(H,23,25)/t13?,18-/m1/s1. The number of H-pyrrole nitrogens is 1. The monoisotopic (exact) mass is 337 g/mol. The molecule has 4 heteroatoms. The van der Waals surface area contributed by atoms with Crippen molar-refractivity contribution in [3.63, 3.8) is 0 Å². The minimum absolute atomic E-state index is 0.0554. The second-order valence-corrected chi connectivity index (χ2v) is 8.57. The van der Waals surface area contributed by atoms with Crippen molar-refractivity contribution in [2.45, 2.75) is 46.2 Å². The van der Waals surface area contributed by atoms with Crippen LogP contribution in [0.2, 0.25) is 0 Å². The first-order valence-corrected chi connectivity index (χ1v) is 9.09. The fraction of sp³-hybridized carbons (Fsp3) is 0.476. The quantitative estimate of drug-likeness (QED) is 0.839. The third-order valence-corrected chi connectivity index (χ3v) is 5.60. The molecule has 0 radical (unpaired) electrons. The Morgan fingerprint density at radius 3 is 2.80 bits per heavy atom. The van der Waals surface area contributed by atoms with Crippen LogP contribution in [0.3, 0.4) is 0 Å². The first-order chi connectivity index (χ1) is 11.8. The Morgan fingerprint density at radius 2 is 2.08 bits per heavy atom. The van der Waals surface area contributed by atoms with Crippen LogP contribution in [-0.2, 0) is 11.2 Å². The van der Waals surface area contributed by atoms with E-state index in [4.69, 9.17) is 0 Å². The minimum atomic E-state index is -0.370. The second-order valence-electron chi connectivity index (χ2n) is 8.57. The van der Waals surface area contributed by atoms with Crippen molar-refractivity contribution >= 4 is 22.4 Å². The van der Waals surface area contributed by atoms with E-state index in [0.29, 0.717) is 6.04 Å². The zero-order valence-corrected chi connectivity index (χ0v) is 15.7. The van der Waals surface area contributed by atoms with Crippen LogP contribution in [0.1, 0.15) is 37.6 Å². The van der Waals surface area contributed by atoms with Crippen LogP contribution in [-0.4, -0.2) is 41.5 Å². The molecule has 2 heterocycles. The van der Waals surface area contributed by atoms with Crippen molar-refractivity contribution in [2.75, 3.05) is 13.6 Å². The van der Waals surface area contributed by atoms with E-state index in [2.05, 4.69) is 53.4 Å². The molecule has 4 nitrogen and oxygen atoms in total. The molecule has 0 saturated heterocycles. The number of carbonyl (C=O) groups is 1. The number of carbonyl (C=O) groups excluding carboxylic acids is 1. The fourth-order valence-corrected chi connectivity index (χ4v) is 4.20. The van der Waals surface area contributed by atoms with Crippen molar-refractivity contribution in [3.8, 4) is 0 Å². The summed E-state index contributed by atoms with van der Waals surface area (Å²) in [5, 5.41) is 4.58. The summed E-state index contributed by atoms with van der Waals surface area (Å²) in [6.07, 6.45) is 3.32. The predicted molar refractivity (Wildman–Crippen MR) is 103 cm³/mol. The molecule has 1 amide bonds. The highest BCUT2D eigenvalue weighted by atomic mass is 16.2. The summed E-state index contributed by atoms with van der Waals surface area (Å²) in [4.78, 5) is 18.3. The van der Waals surface area contributed by atoms with E-state index in [1.807, 2.05) is 20.8 Å². The largest absolute Gasteiger partial charge is 0.358 e. The molecule has 1 aliphatic carbocycles. The van der Waals surface area contributed by atoms with Crippen molar-refractivity contribution in [2.24, 2.45) is 5.41 Å². The number of aromatic nitrogens is 1. The number of aromatic amines is 1. The van der Waals surface area contributed by atoms with E-state index < -0.39 is 0 Å². The molecular weight excluding hydrogens is 310 g/mol. The molecule has 1 unspecified atom stereocenters. The van der Waals surface area contributed by atoms with Crippen molar-refractivity contribution in [3.05, 3.63) is 41.1 Å². The van der Waals surface area contributed by atoms with Crippen molar-refractivity contribution < 1.29 is 4.79 Å². The molecule has 0 fully saturated rings. The van der Waals surface area contributed by atoms with E-state index in [1.165, 1.54) is 33.3 Å². The van der Waals surface area contributed by atoms with Gasteiger partial charge in [-0.15, -0.1) is 0 Å². The molecular formula is C21H27N3O. The second kappa shape index (κ2) is 5.46. The van der Waals surface area contributed by atoms with E-state index >= 15 is 0 Å². The van der Waals surface area contributed by atoms with E-state index in [0.717, 1.165) is 13.0 Å². The summed E-state index contributed by atoms with van der Waals surface area (Å²) in [6.45, 7) is 8.90. The van der Waals surface area contributed by atoms with Gasteiger partial charge in [0.2, 0.25) is 5.91 Å². The molecule has 1 aromatic heterocycles. The summed E-state index contributed by atoms with van der Waals surface area (Å²) in [5.41, 5.74) is 6.23. The Kier molecular flexibility index (Phi) is 3.58. The van der Waals surface area contributed by atoms with Gasteiger partial charge in [-0.1, -0.05) is 39.0 Å². The van der Waals surface area contributed by atoms with Crippen LogP contribution in [0.25, 0.3) is 16.5 Å². The van der Waals surface area contributed by atoms with E-state index in [1.54, 1.807) is 0 Å². The molecule has 2 aliphatic rings. The van der Waals surface area contributed by atoms with Crippen LogP contribution < -0.4 is 5.32 Å². The number of nitrogens with zero attached hydrogens (tertiary/aromatic N) is 1. The lowest BCUT2D eigenvalue weighted by Crippen LogP contribution is -2.52. The highest BCUT2D eigenvalue weighted by Crippen LogP contribution is 2.41. The highest BCUT2D eigenvalue weighted by molar-refractivity contribution is 5.99. The number of hydrogen-bond donors (Lipinski definition) is 2. The van der Waals surface area contributed by atoms with Crippen molar-refractivity contribution in [1.82, 2.24) is 15.2 Å². The number of benzene rings is 1. The van der Waals surface area contributed by atoms with Gasteiger partial charge in [-0.25, -0.2) is 0 Å². The first-order valence-electron chi connectivity index (χ1n) is 9.09. The highest BCUT2D eigenvalue weighted by Gasteiger charge is 2.35. The average molecular weight is 337 g/mol. The predicted octanol–water partition coefficient (Wildman–Crippen LogP) is 3.26. The maximum absolute atomic E-state index is 12.4. The van der Waals surface area contributed by atoms with Gasteiger partial charge in [-0.2, -0.15) is 0 Å². The Bertz CT molecular complexity index is 884. The van der Waals surface area contributed by atoms with Gasteiger partial charge in [-0.05, 0) is 43.2 Å². The van der Waals surface area contributed by atoms with Crippen LogP contribution in [0.5, 0.6) is 0 Å². The molecule has 25 heavy (non-hydrogen) atoms. The third-order valence-electron chi connectivity index (χ3n) is 5.60. The Morgan fingerprint density at radius 1 is 1.32 bits per heavy atom. The molecule has 2 atom stereocenters. The SMILES string of the molecule is Cc1[nH]c2cccc3c2c1C[C@@H]1C3=CC(NC(=O)C(C)(C)C)CN1C. The molecule has 0 spiro atoms. The lowest BCUT2D eigenvalue weighted by Gasteiger charge is -2.40. The Balaban J connectivity index is 1.78. The molecule has 0 saturated carbocycles. The van der Waals surface area contributed by atoms with Gasteiger partial charge >= 0.3 is 0 Å². The normalized spacial score (nSPS) is 23.3. The van der Waals surface area contributed by atoms with Gasteiger partial charge in [0, 0.05) is 34.6 Å². The lowest BCUT2D eigenvalue weighted by atomic mass is 9.80. The summed E-state index contributed by atoms with van der Waals surface area (Å²) in [6, 6.07) is 6.94. The molecule has 0 bridgehead atoms. The lowest BCUT2D eigenvalue weighted by molar-refractivity contribution is -0.129. The number of aryl methyl sites for hydroxylation is 1. The molecule has 2 aromatic rings. The molecule has 1 aromatic carbocycles. The molecule has 132 valence electrons. The fourth-order valence-electron chi connectivity index (χ4n) is 4.20. The summed E-state index contributed by atoms with van der Waals surface area (Å²) < 4.78 is 0. The van der Waals surface area contributed by atoms with Crippen LogP contribution in [0, 0.1) is 12.3 Å². The van der Waals surface area contributed by atoms with Gasteiger partial charge in [-0.3, -0.25) is 9.69 Å². The van der Waals surface area contributed by atoms with Gasteiger partial charge in [0.25, 0.3) is 0 Å². The smallest absolute Gasteiger partial charge is 0.225 e. The Hall–Kier alpha value is -2.07. The van der Waals surface area contributed by atoms with Crippen LogP contribution in [0.15, 0.2) is 24.3 Å². The number of rotatable bonds is 1. The van der Waals surface area contributed by atoms with Gasteiger partial charge < -0.3 is 10.3 Å². The van der Waals surface area contributed by atoms with Gasteiger partial charge in [0.1, 0.15) is 0 Å². The average Bonchev–Trinajstić information content (AvgIpc) is 2.85. The zero-order chi connectivity index (χ0) is 17.9. The molecule has 2 N–H and O–H groups in total. The Labute approximate surface area is 149 Å². The number of fused-ring (bicyclic) bond motifs is 2. The third kappa shape index (κ3) is 2.60. The topological polar surface area (TPSA) is 48.1 Å². The van der Waals surface area contributed by atoms with Crippen molar-refractivity contribution in [1.29, 1.82) is 0 Å². The van der Waals surface area contributed by atoms with Crippen LogP contribution >= 0.6 is 0 Å². The summed E-state index contributed by atoms with van der Waals surface area (Å²) >= 11 is 0. The van der Waals surface area contributed by atoms with Crippen LogP contribution in [0.4, 0.5) is 0 Å². The first kappa shape index (κ1) is 16.4. The van der Waals surface area contributed by atoms with E-state index in [-0.39, 0.29) is 17.4 Å². The number of likely N-dealkylation sites (N-methyl/N-ethyl adjacent to an activating group) is 1. The summed E-state index contributed by atoms with van der Waals surface area (Å²) in [7, 11) is 2.17. The zero-order valence-electron chi connectivity index (χ0n) is 15.7. The number of hydrogen-bond acceptors (Lipinski definition) is 2. The van der Waals surface area contributed by atoms with Gasteiger partial charge in [0.05, 0.1) is 6.04 Å². The summed E-state index contributed by atoms with van der Waals surface area (Å²) in [5.74, 6) is 0.105. The van der Waals surface area contributed by atoms with E-state index in [9.17, 15) is 4.79 Å². The maximum Gasteiger partial charge on any atom is 0.225 e. The minimum Gasteiger partial charge on any atom is -0.358 e. The molecule has 4 rings (SSSR count). The number of nitrogens with one attached hydrogen (secondary N) is 2. The number of amides is 1. The molecule has 1 aliphatic heterocycles. The van der Waals surface area contributed by atoms with Gasteiger partial charge in [0.15, 0.2) is 0 Å². The maximum atomic E-state index is 12.4.